The first-order valence-electron chi connectivity index (χ1n) is 2.46. The van der Waals surface area contributed by atoms with Gasteiger partial charge in [-0.1, -0.05) is 6.07 Å². The SMILES string of the molecule is COC(=O)c1cccs1.[AlH3].[H-].[Li+]. The zero-order chi connectivity index (χ0) is 6.69. The van der Waals surface area contributed by atoms with Crippen LogP contribution in [0.5, 0.6) is 0 Å². The van der Waals surface area contributed by atoms with Gasteiger partial charge in [-0.25, -0.2) is 4.79 Å². The van der Waals surface area contributed by atoms with E-state index in [-0.39, 0.29) is 43.6 Å². The van der Waals surface area contributed by atoms with E-state index in [0.29, 0.717) is 4.88 Å². The number of rotatable bonds is 1. The second kappa shape index (κ2) is 6.98. The molecule has 11 heavy (non-hydrogen) atoms. The molecule has 0 aliphatic heterocycles. The Morgan fingerprint density at radius 3 is 2.73 bits per heavy atom. The smallest absolute Gasteiger partial charge is 1.00 e. The van der Waals surface area contributed by atoms with Crippen molar-refractivity contribution in [2.24, 2.45) is 0 Å². The van der Waals surface area contributed by atoms with Crippen molar-refractivity contribution in [3.05, 3.63) is 22.4 Å². The fraction of sp³-hybridized carbons (Fsp3) is 0.167. The number of thiophene rings is 1. The first-order chi connectivity index (χ1) is 4.34. The molecule has 1 heterocycles. The molecule has 5 heteroatoms. The minimum absolute atomic E-state index is 0. The fourth-order valence-electron chi connectivity index (χ4n) is 0.495. The number of hydrogen-bond acceptors (Lipinski definition) is 3. The van der Waals surface area contributed by atoms with Crippen molar-refractivity contribution in [1.29, 1.82) is 0 Å². The van der Waals surface area contributed by atoms with E-state index in [0.717, 1.165) is 0 Å². The van der Waals surface area contributed by atoms with Crippen molar-refractivity contribution in [1.82, 2.24) is 0 Å². The molecule has 0 atom stereocenters. The summed E-state index contributed by atoms with van der Waals surface area (Å²) >= 11 is 1.38. The molecule has 0 radical (unpaired) electrons. The molecular weight excluding hydrogens is 170 g/mol. The molecule has 0 N–H and O–H groups in total. The summed E-state index contributed by atoms with van der Waals surface area (Å²) in [6.45, 7) is 0. The minimum atomic E-state index is -0.259. The molecule has 0 bridgehead atoms. The molecule has 2 nitrogen and oxygen atoms in total. The molecule has 56 valence electrons. The van der Waals surface area contributed by atoms with Crippen LogP contribution in [0.4, 0.5) is 0 Å². The Balaban J connectivity index is -0.000000270. The van der Waals surface area contributed by atoms with Crippen LogP contribution in [0.1, 0.15) is 11.1 Å². The Morgan fingerprint density at radius 1 is 1.73 bits per heavy atom. The zero-order valence-corrected chi connectivity index (χ0v) is 6.77. The van der Waals surface area contributed by atoms with Gasteiger partial charge in [-0.05, 0) is 11.4 Å². The second-order valence-corrected chi connectivity index (χ2v) is 2.42. The predicted octanol–water partition coefficient (Wildman–Crippen LogP) is -2.53. The molecule has 0 aliphatic rings. The molecule has 0 saturated carbocycles. The van der Waals surface area contributed by atoms with Crippen molar-refractivity contribution >= 4 is 34.7 Å². The monoisotopic (exact) mass is 180 g/mol. The van der Waals surface area contributed by atoms with Gasteiger partial charge in [0.15, 0.2) is 17.4 Å². The third-order valence-electron chi connectivity index (χ3n) is 0.908. The van der Waals surface area contributed by atoms with Gasteiger partial charge in [-0.3, -0.25) is 0 Å². The fourth-order valence-corrected chi connectivity index (χ4v) is 1.14. The summed E-state index contributed by atoms with van der Waals surface area (Å²) in [4.78, 5) is 11.3. The summed E-state index contributed by atoms with van der Waals surface area (Å²) in [5.41, 5.74) is 0. The molecule has 0 unspecified atom stereocenters. The zero-order valence-electron chi connectivity index (χ0n) is 6.96. The normalized spacial score (nSPS) is 7.36. The first-order valence-corrected chi connectivity index (χ1v) is 3.34. The van der Waals surface area contributed by atoms with Gasteiger partial charge in [0.1, 0.15) is 4.88 Å². The molecule has 0 fully saturated rings. The van der Waals surface area contributed by atoms with Crippen LogP contribution in [0.2, 0.25) is 0 Å². The van der Waals surface area contributed by atoms with Gasteiger partial charge in [0.25, 0.3) is 0 Å². The number of carbonyl (C=O) groups is 1. The average Bonchev–Trinajstić information content (AvgIpc) is 2.37. The topological polar surface area (TPSA) is 26.3 Å². The van der Waals surface area contributed by atoms with Crippen molar-refractivity contribution in [2.45, 2.75) is 0 Å². The Bertz CT molecular complexity index is 205. The van der Waals surface area contributed by atoms with Crippen LogP contribution < -0.4 is 18.9 Å². The number of hydrogen-bond donors (Lipinski definition) is 0. The third-order valence-corrected chi connectivity index (χ3v) is 1.76. The van der Waals surface area contributed by atoms with E-state index < -0.39 is 0 Å². The Morgan fingerprint density at radius 2 is 2.36 bits per heavy atom. The number of carbonyl (C=O) groups excluding carboxylic acids is 1. The van der Waals surface area contributed by atoms with Gasteiger partial charge >= 0.3 is 24.8 Å². The summed E-state index contributed by atoms with van der Waals surface area (Å²) < 4.78 is 4.47. The van der Waals surface area contributed by atoms with E-state index in [2.05, 4.69) is 4.74 Å². The molecule has 0 spiro atoms. The quantitative estimate of drug-likeness (QED) is 0.352. The molecule has 0 aromatic carbocycles. The van der Waals surface area contributed by atoms with E-state index in [1.807, 2.05) is 11.4 Å². The summed E-state index contributed by atoms with van der Waals surface area (Å²) in [6, 6.07) is 3.55. The van der Waals surface area contributed by atoms with Crippen LogP contribution >= 0.6 is 11.3 Å². The van der Waals surface area contributed by atoms with Gasteiger partial charge < -0.3 is 6.16 Å². The average molecular weight is 180 g/mol. The van der Waals surface area contributed by atoms with Gasteiger partial charge in [0, 0.05) is 0 Å². The number of esters is 1. The molecule has 1 aromatic rings. The van der Waals surface area contributed by atoms with Crippen LogP contribution in [0.25, 0.3) is 0 Å². The maximum Gasteiger partial charge on any atom is 1.00 e. The first kappa shape index (κ1) is 13.9. The van der Waals surface area contributed by atoms with Crippen molar-refractivity contribution in [2.75, 3.05) is 7.11 Å². The van der Waals surface area contributed by atoms with Crippen LogP contribution in [0, 0.1) is 0 Å². The molecule has 0 saturated heterocycles. The van der Waals surface area contributed by atoms with Gasteiger partial charge in [-0.15, -0.1) is 11.3 Å². The standard InChI is InChI=1S/C6H6O2S.Al.Li.4H/c1-8-6(7)5-3-2-4-9-5;;;;;;/h2-4H,1H3;;;;;;/q;;+1;;;;-1. The molecule has 0 aliphatic carbocycles. The number of methoxy groups -OCH3 is 1. The molecular formula is C6H10AlLiO2S. The minimum Gasteiger partial charge on any atom is -1.00 e. The predicted molar refractivity (Wildman–Crippen MR) is 46.7 cm³/mol. The van der Waals surface area contributed by atoms with Crippen LogP contribution in [-0.2, 0) is 4.74 Å². The Kier molecular flexibility index (Phi) is 8.79. The summed E-state index contributed by atoms with van der Waals surface area (Å²) in [7, 11) is 1.38. The van der Waals surface area contributed by atoms with E-state index >= 15 is 0 Å². The van der Waals surface area contributed by atoms with E-state index in [4.69, 9.17) is 0 Å². The van der Waals surface area contributed by atoms with Crippen molar-refractivity contribution in [3.8, 4) is 0 Å². The number of ether oxygens (including phenoxy) is 1. The maximum absolute atomic E-state index is 10.7. The second-order valence-electron chi connectivity index (χ2n) is 1.47. The third kappa shape index (κ3) is 4.01. The van der Waals surface area contributed by atoms with Gasteiger partial charge in [-0.2, -0.15) is 0 Å². The Labute approximate surface area is 93.7 Å². The van der Waals surface area contributed by atoms with E-state index in [1.54, 1.807) is 6.07 Å². The molecule has 1 aromatic heterocycles. The van der Waals surface area contributed by atoms with Crippen LogP contribution in [-0.4, -0.2) is 30.4 Å². The van der Waals surface area contributed by atoms with E-state index in [1.165, 1.54) is 18.4 Å². The van der Waals surface area contributed by atoms with Crippen molar-refractivity contribution < 1.29 is 29.8 Å². The summed E-state index contributed by atoms with van der Waals surface area (Å²) in [5.74, 6) is -0.259. The van der Waals surface area contributed by atoms with Crippen LogP contribution in [0.3, 0.4) is 0 Å². The Hall–Kier alpha value is 0.300. The summed E-state index contributed by atoms with van der Waals surface area (Å²) in [5, 5.41) is 1.84. The molecule has 0 amide bonds. The maximum atomic E-state index is 10.7. The van der Waals surface area contributed by atoms with Gasteiger partial charge in [0.05, 0.1) is 7.11 Å². The van der Waals surface area contributed by atoms with E-state index in [9.17, 15) is 4.79 Å². The van der Waals surface area contributed by atoms with Crippen LogP contribution in [0.15, 0.2) is 17.5 Å². The van der Waals surface area contributed by atoms with Gasteiger partial charge in [0.2, 0.25) is 0 Å². The largest absolute Gasteiger partial charge is 1.00 e. The van der Waals surface area contributed by atoms with Crippen molar-refractivity contribution in [3.63, 3.8) is 0 Å². The molecule has 1 rings (SSSR count). The summed E-state index contributed by atoms with van der Waals surface area (Å²) in [6.07, 6.45) is 0.